The van der Waals surface area contributed by atoms with Crippen LogP contribution < -0.4 is 5.32 Å². The van der Waals surface area contributed by atoms with Crippen molar-refractivity contribution in [3.63, 3.8) is 0 Å². The zero-order chi connectivity index (χ0) is 13.9. The third-order valence-electron chi connectivity index (χ3n) is 4.84. The number of fused-ring (bicyclic) bond motifs is 1. The summed E-state index contributed by atoms with van der Waals surface area (Å²) in [5, 5.41) is 14.4. The minimum atomic E-state index is 0.370. The molecule has 1 fully saturated rings. The van der Waals surface area contributed by atoms with Crippen LogP contribution in [-0.4, -0.2) is 22.7 Å². The second-order valence-corrected chi connectivity index (χ2v) is 7.40. The molecule has 0 amide bonds. The van der Waals surface area contributed by atoms with E-state index in [-0.39, 0.29) is 0 Å². The predicted molar refractivity (Wildman–Crippen MR) is 83.1 cm³/mol. The van der Waals surface area contributed by atoms with Crippen LogP contribution in [0, 0.1) is 5.92 Å². The van der Waals surface area contributed by atoms with Crippen LogP contribution in [0.4, 0.5) is 0 Å². The molecule has 0 aliphatic heterocycles. The Kier molecular flexibility index (Phi) is 4.74. The molecule has 1 heterocycles. The van der Waals surface area contributed by atoms with E-state index in [2.05, 4.69) is 12.2 Å². The van der Waals surface area contributed by atoms with Gasteiger partial charge in [-0.05, 0) is 57.3 Å². The summed E-state index contributed by atoms with van der Waals surface area (Å²) < 4.78 is 0. The van der Waals surface area contributed by atoms with Gasteiger partial charge in [0.1, 0.15) is 0 Å². The Morgan fingerprint density at radius 3 is 2.75 bits per heavy atom. The molecule has 0 bridgehead atoms. The zero-order valence-electron chi connectivity index (χ0n) is 12.4. The van der Waals surface area contributed by atoms with Gasteiger partial charge in [0.05, 0.1) is 10.7 Å². The van der Waals surface area contributed by atoms with E-state index in [1.165, 1.54) is 60.5 Å². The van der Waals surface area contributed by atoms with Gasteiger partial charge in [-0.1, -0.05) is 6.92 Å². The molecule has 3 rings (SSSR count). The quantitative estimate of drug-likeness (QED) is 0.896. The third-order valence-corrected chi connectivity index (χ3v) is 6.19. The number of hydrogen-bond acceptors (Lipinski definition) is 4. The fourth-order valence-corrected chi connectivity index (χ4v) is 4.72. The summed E-state index contributed by atoms with van der Waals surface area (Å²) in [4.78, 5) is 6.29. The number of thiazole rings is 1. The number of aliphatic hydroxyl groups excluding tert-OH is 1. The first kappa shape index (κ1) is 14.5. The van der Waals surface area contributed by atoms with Gasteiger partial charge in [-0.3, -0.25) is 0 Å². The molecule has 2 N–H and O–H groups in total. The van der Waals surface area contributed by atoms with Crippen LogP contribution >= 0.6 is 11.3 Å². The molecule has 1 saturated carbocycles. The highest BCUT2D eigenvalue weighted by atomic mass is 32.1. The molecule has 112 valence electrons. The minimum absolute atomic E-state index is 0.370. The summed E-state index contributed by atoms with van der Waals surface area (Å²) in [5.74, 6) is 0.546. The molecule has 2 aliphatic rings. The maximum Gasteiger partial charge on any atom is 0.0928 e. The molecular weight excluding hydrogens is 268 g/mol. The fraction of sp³-hybridized carbons (Fsp3) is 0.812. The van der Waals surface area contributed by atoms with Gasteiger partial charge in [0.2, 0.25) is 0 Å². The normalized spacial score (nSPS) is 30.2. The van der Waals surface area contributed by atoms with Gasteiger partial charge in [-0.25, -0.2) is 4.98 Å². The van der Waals surface area contributed by atoms with E-state index in [0.717, 1.165) is 6.42 Å². The second kappa shape index (κ2) is 6.54. The first-order valence-corrected chi connectivity index (χ1v) is 8.97. The van der Waals surface area contributed by atoms with E-state index in [9.17, 15) is 5.11 Å². The number of hydrogen-bond donors (Lipinski definition) is 2. The van der Waals surface area contributed by atoms with E-state index in [1.807, 2.05) is 11.3 Å². The predicted octanol–water partition coefficient (Wildman–Crippen LogP) is 3.22. The van der Waals surface area contributed by atoms with E-state index in [1.54, 1.807) is 0 Å². The lowest BCUT2D eigenvalue weighted by Crippen LogP contribution is -2.37. The van der Waals surface area contributed by atoms with Crippen molar-refractivity contribution in [2.45, 2.75) is 70.4 Å². The minimum Gasteiger partial charge on any atom is -0.396 e. The van der Waals surface area contributed by atoms with E-state index >= 15 is 0 Å². The molecule has 0 saturated heterocycles. The number of aryl methyl sites for hydroxylation is 2. The molecule has 20 heavy (non-hydrogen) atoms. The lowest BCUT2D eigenvalue weighted by molar-refractivity contribution is 0.170. The molecule has 0 radical (unpaired) electrons. The van der Waals surface area contributed by atoms with Gasteiger partial charge in [0.25, 0.3) is 0 Å². The molecule has 3 nitrogen and oxygen atoms in total. The Bertz CT molecular complexity index is 438. The summed E-state index contributed by atoms with van der Waals surface area (Å²) in [7, 11) is 0. The van der Waals surface area contributed by atoms with Crippen LogP contribution in [0.3, 0.4) is 0 Å². The molecule has 1 aromatic rings. The Balaban J connectivity index is 1.63. The molecule has 4 heteroatoms. The van der Waals surface area contributed by atoms with Crippen molar-refractivity contribution < 1.29 is 5.11 Å². The summed E-state index contributed by atoms with van der Waals surface area (Å²) in [6.45, 7) is 2.57. The zero-order valence-corrected chi connectivity index (χ0v) is 13.2. The maximum atomic E-state index is 9.23. The summed E-state index contributed by atoms with van der Waals surface area (Å²) in [6, 6.07) is 1.17. The average molecular weight is 294 g/mol. The average Bonchev–Trinajstić information content (AvgIpc) is 2.92. The first-order chi connectivity index (χ1) is 9.80. The Morgan fingerprint density at radius 1 is 1.25 bits per heavy atom. The molecule has 1 atom stereocenters. The van der Waals surface area contributed by atoms with Gasteiger partial charge < -0.3 is 10.4 Å². The Labute approximate surface area is 125 Å². The Hall–Kier alpha value is -0.450. The van der Waals surface area contributed by atoms with Crippen molar-refractivity contribution in [3.05, 3.63) is 15.6 Å². The standard InChI is InChI=1S/C16H26N2OS/c1-2-15-18-14-5-3-4-13(16(14)20-15)17-12-8-6-11(10-19)7-9-12/h11-13,17,19H,2-10H2,1H3. The number of rotatable bonds is 4. The van der Waals surface area contributed by atoms with Crippen LogP contribution in [0.15, 0.2) is 0 Å². The number of aliphatic hydroxyl groups is 1. The molecule has 2 aliphatic carbocycles. The lowest BCUT2D eigenvalue weighted by Gasteiger charge is -2.32. The molecule has 0 spiro atoms. The number of nitrogens with zero attached hydrogens (tertiary/aromatic N) is 1. The van der Waals surface area contributed by atoms with Gasteiger partial charge in [-0.15, -0.1) is 11.3 Å². The van der Waals surface area contributed by atoms with Gasteiger partial charge in [-0.2, -0.15) is 0 Å². The van der Waals surface area contributed by atoms with Gasteiger partial charge in [0.15, 0.2) is 0 Å². The monoisotopic (exact) mass is 294 g/mol. The van der Waals surface area contributed by atoms with E-state index in [0.29, 0.717) is 24.6 Å². The van der Waals surface area contributed by atoms with Crippen molar-refractivity contribution in [2.24, 2.45) is 5.92 Å². The Morgan fingerprint density at radius 2 is 2.05 bits per heavy atom. The number of aromatic nitrogens is 1. The van der Waals surface area contributed by atoms with E-state index < -0.39 is 0 Å². The van der Waals surface area contributed by atoms with Crippen LogP contribution in [-0.2, 0) is 12.8 Å². The summed E-state index contributed by atoms with van der Waals surface area (Å²) in [5.41, 5.74) is 1.36. The summed E-state index contributed by atoms with van der Waals surface area (Å²) >= 11 is 1.92. The summed E-state index contributed by atoms with van der Waals surface area (Å²) in [6.07, 6.45) is 9.55. The largest absolute Gasteiger partial charge is 0.396 e. The molecular formula is C16H26N2OS. The van der Waals surface area contributed by atoms with Crippen molar-refractivity contribution in [1.82, 2.24) is 10.3 Å². The van der Waals surface area contributed by atoms with E-state index in [4.69, 9.17) is 4.98 Å². The lowest BCUT2D eigenvalue weighted by atomic mass is 9.85. The molecule has 1 unspecified atom stereocenters. The fourth-order valence-electron chi connectivity index (χ4n) is 3.58. The van der Waals surface area contributed by atoms with Crippen LogP contribution in [0.2, 0.25) is 0 Å². The molecule has 0 aromatic carbocycles. The van der Waals surface area contributed by atoms with Gasteiger partial charge >= 0.3 is 0 Å². The topological polar surface area (TPSA) is 45.2 Å². The highest BCUT2D eigenvalue weighted by Crippen LogP contribution is 2.36. The number of nitrogens with one attached hydrogen (secondary N) is 1. The van der Waals surface area contributed by atoms with Crippen molar-refractivity contribution in [1.29, 1.82) is 0 Å². The smallest absolute Gasteiger partial charge is 0.0928 e. The maximum absolute atomic E-state index is 9.23. The van der Waals surface area contributed by atoms with Crippen LogP contribution in [0.25, 0.3) is 0 Å². The second-order valence-electron chi connectivity index (χ2n) is 6.28. The van der Waals surface area contributed by atoms with Crippen LogP contribution in [0.1, 0.15) is 67.1 Å². The van der Waals surface area contributed by atoms with Crippen molar-refractivity contribution >= 4 is 11.3 Å². The third kappa shape index (κ3) is 3.07. The highest BCUT2D eigenvalue weighted by Gasteiger charge is 2.28. The van der Waals surface area contributed by atoms with Crippen molar-refractivity contribution in [2.75, 3.05) is 6.61 Å². The molecule has 1 aromatic heterocycles. The highest BCUT2D eigenvalue weighted by molar-refractivity contribution is 7.11. The van der Waals surface area contributed by atoms with Crippen LogP contribution in [0.5, 0.6) is 0 Å². The van der Waals surface area contributed by atoms with Gasteiger partial charge in [0, 0.05) is 23.6 Å². The SMILES string of the molecule is CCc1nc2c(s1)C(NC1CCC(CO)CC1)CCC2. The first-order valence-electron chi connectivity index (χ1n) is 8.15. The van der Waals surface area contributed by atoms with Crippen molar-refractivity contribution in [3.8, 4) is 0 Å².